The highest BCUT2D eigenvalue weighted by Gasteiger charge is 2.30. The molecule has 0 radical (unpaired) electrons. The first-order chi connectivity index (χ1) is 15.6. The molecule has 1 atom stereocenters. The van der Waals surface area contributed by atoms with Crippen LogP contribution in [0.3, 0.4) is 0 Å². The molecule has 0 spiro atoms. The molecule has 160 valence electrons. The highest BCUT2D eigenvalue weighted by atomic mass is 16.5. The van der Waals surface area contributed by atoms with E-state index in [4.69, 9.17) is 4.74 Å². The number of aromatic nitrogens is 1. The Hall–Kier alpha value is -3.86. The van der Waals surface area contributed by atoms with Crippen molar-refractivity contribution in [1.82, 2.24) is 4.98 Å². The molecule has 32 heavy (non-hydrogen) atoms. The molecule has 5 heteroatoms. The minimum atomic E-state index is -0.996. The van der Waals surface area contributed by atoms with Crippen LogP contribution in [-0.2, 0) is 20.7 Å². The Bertz CT molecular complexity index is 1260. The number of ether oxygens (including phenoxy) is 1. The Morgan fingerprint density at radius 3 is 2.22 bits per heavy atom. The number of aliphatic carboxylic acids is 1. The molecule has 0 saturated heterocycles. The molecule has 0 fully saturated rings. The molecule has 1 aromatic heterocycles. The van der Waals surface area contributed by atoms with E-state index in [0.29, 0.717) is 0 Å². The highest BCUT2D eigenvalue weighted by Crippen LogP contribution is 2.44. The quantitative estimate of drug-likeness (QED) is 0.401. The van der Waals surface area contributed by atoms with E-state index in [0.717, 1.165) is 38.7 Å². The molecule has 1 aliphatic rings. The minimum Gasteiger partial charge on any atom is -0.481 e. The molecule has 3 aromatic carbocycles. The number of hydrogen-bond donors (Lipinski definition) is 2. The molecule has 1 heterocycles. The largest absolute Gasteiger partial charge is 0.481 e. The van der Waals surface area contributed by atoms with E-state index in [9.17, 15) is 14.7 Å². The monoisotopic (exact) mass is 425 g/mol. The summed E-state index contributed by atoms with van der Waals surface area (Å²) in [4.78, 5) is 27.7. The van der Waals surface area contributed by atoms with Crippen molar-refractivity contribution in [1.29, 1.82) is 0 Å². The van der Waals surface area contributed by atoms with Gasteiger partial charge in [0.1, 0.15) is 6.61 Å². The third-order valence-corrected chi connectivity index (χ3v) is 6.28. The molecule has 0 bridgehead atoms. The van der Waals surface area contributed by atoms with E-state index in [1.54, 1.807) is 0 Å². The molecule has 0 saturated carbocycles. The van der Waals surface area contributed by atoms with Gasteiger partial charge in [0.15, 0.2) is 0 Å². The summed E-state index contributed by atoms with van der Waals surface area (Å²) in [5.41, 5.74) is 6.43. The fourth-order valence-corrected chi connectivity index (χ4v) is 4.69. The van der Waals surface area contributed by atoms with E-state index in [-0.39, 0.29) is 25.4 Å². The maximum atomic E-state index is 12.6. The van der Waals surface area contributed by atoms with Crippen molar-refractivity contribution < 1.29 is 19.4 Å². The summed E-state index contributed by atoms with van der Waals surface area (Å²) >= 11 is 0. The van der Waals surface area contributed by atoms with Gasteiger partial charge in [-0.15, -0.1) is 0 Å². The summed E-state index contributed by atoms with van der Waals surface area (Å²) in [6, 6.07) is 24.0. The van der Waals surface area contributed by atoms with Gasteiger partial charge in [0.2, 0.25) is 0 Å². The van der Waals surface area contributed by atoms with Crippen LogP contribution in [0.1, 0.15) is 29.0 Å². The van der Waals surface area contributed by atoms with Crippen molar-refractivity contribution in [2.45, 2.75) is 18.8 Å². The fourth-order valence-electron chi connectivity index (χ4n) is 4.69. The molecular weight excluding hydrogens is 402 g/mol. The summed E-state index contributed by atoms with van der Waals surface area (Å²) in [6.45, 7) is 0.201. The first kappa shape index (κ1) is 20.1. The highest BCUT2D eigenvalue weighted by molar-refractivity contribution is 5.85. The Kier molecular flexibility index (Phi) is 5.23. The molecule has 0 amide bonds. The van der Waals surface area contributed by atoms with Crippen LogP contribution in [0.15, 0.2) is 79.0 Å². The molecule has 1 aliphatic carbocycles. The topological polar surface area (TPSA) is 79.4 Å². The number of carbonyl (C=O) groups is 2. The lowest BCUT2D eigenvalue weighted by Crippen LogP contribution is -2.22. The number of carboxylic acid groups (broad SMARTS) is 1. The molecule has 0 aliphatic heterocycles. The number of esters is 1. The van der Waals surface area contributed by atoms with Gasteiger partial charge in [0.05, 0.1) is 12.3 Å². The second-order valence-corrected chi connectivity index (χ2v) is 8.21. The Balaban J connectivity index is 1.28. The third-order valence-electron chi connectivity index (χ3n) is 6.28. The maximum Gasteiger partial charge on any atom is 0.307 e. The Morgan fingerprint density at radius 1 is 0.906 bits per heavy atom. The number of carbonyl (C=O) groups excluding carboxylic acids is 1. The average Bonchev–Trinajstić information content (AvgIpc) is 3.36. The van der Waals surface area contributed by atoms with Crippen LogP contribution >= 0.6 is 0 Å². The summed E-state index contributed by atoms with van der Waals surface area (Å²) in [5.74, 6) is -2.36. The van der Waals surface area contributed by atoms with Crippen LogP contribution in [0.4, 0.5) is 0 Å². The SMILES string of the molecule is O=C(CC(Cc1c[nH]c2ccccc12)C(=O)O)OCC1c2ccccc2-c2ccccc21. The molecule has 5 rings (SSSR count). The number of hydrogen-bond acceptors (Lipinski definition) is 3. The maximum absolute atomic E-state index is 12.6. The van der Waals surface area contributed by atoms with Gasteiger partial charge in [0.25, 0.3) is 0 Å². The zero-order valence-corrected chi connectivity index (χ0v) is 17.5. The van der Waals surface area contributed by atoms with Crippen LogP contribution < -0.4 is 0 Å². The van der Waals surface area contributed by atoms with Crippen LogP contribution in [0.5, 0.6) is 0 Å². The van der Waals surface area contributed by atoms with Gasteiger partial charge >= 0.3 is 11.9 Å². The predicted octanol–water partition coefficient (Wildman–Crippen LogP) is 5.16. The van der Waals surface area contributed by atoms with Crippen molar-refractivity contribution in [3.8, 4) is 11.1 Å². The smallest absolute Gasteiger partial charge is 0.307 e. The first-order valence-corrected chi connectivity index (χ1v) is 10.7. The number of para-hydroxylation sites is 1. The molecule has 4 aromatic rings. The van der Waals surface area contributed by atoms with Gasteiger partial charge in [-0.05, 0) is 40.3 Å². The van der Waals surface area contributed by atoms with Crippen LogP contribution in [0.25, 0.3) is 22.0 Å². The zero-order chi connectivity index (χ0) is 22.1. The van der Waals surface area contributed by atoms with E-state index in [1.807, 2.05) is 54.7 Å². The number of rotatable bonds is 7. The zero-order valence-electron chi connectivity index (χ0n) is 17.5. The van der Waals surface area contributed by atoms with Crippen LogP contribution in [0, 0.1) is 5.92 Å². The number of fused-ring (bicyclic) bond motifs is 4. The standard InChI is InChI=1S/C27H23NO4/c29-26(14-17(27(30)31)13-18-15-28-25-12-6-5-7-19(18)25)32-16-24-22-10-3-1-8-20(22)21-9-2-4-11-23(21)24/h1-12,15,17,24,28H,13-14,16H2,(H,30,31). The van der Waals surface area contributed by atoms with Gasteiger partial charge in [0, 0.05) is 23.0 Å². The molecule has 5 nitrogen and oxygen atoms in total. The summed E-state index contributed by atoms with van der Waals surface area (Å²) in [5, 5.41) is 10.7. The minimum absolute atomic E-state index is 0.0387. The number of aromatic amines is 1. The Morgan fingerprint density at radius 2 is 1.53 bits per heavy atom. The number of nitrogens with one attached hydrogen (secondary N) is 1. The van der Waals surface area contributed by atoms with E-state index >= 15 is 0 Å². The molecular formula is C27H23NO4. The lowest BCUT2D eigenvalue weighted by molar-refractivity contribution is -0.151. The summed E-state index contributed by atoms with van der Waals surface area (Å²) < 4.78 is 5.62. The number of benzene rings is 3. The fraction of sp³-hybridized carbons (Fsp3) is 0.185. The second-order valence-electron chi connectivity index (χ2n) is 8.21. The van der Waals surface area contributed by atoms with Crippen molar-refractivity contribution in [2.24, 2.45) is 5.92 Å². The van der Waals surface area contributed by atoms with Gasteiger partial charge in [-0.3, -0.25) is 9.59 Å². The van der Waals surface area contributed by atoms with Crippen molar-refractivity contribution in [3.63, 3.8) is 0 Å². The second kappa shape index (κ2) is 8.35. The van der Waals surface area contributed by atoms with E-state index in [1.165, 1.54) is 0 Å². The van der Waals surface area contributed by atoms with Gasteiger partial charge in [-0.1, -0.05) is 66.7 Å². The first-order valence-electron chi connectivity index (χ1n) is 10.7. The molecule has 1 unspecified atom stereocenters. The van der Waals surface area contributed by atoms with Crippen LogP contribution in [-0.4, -0.2) is 28.6 Å². The van der Waals surface area contributed by atoms with Gasteiger partial charge in [-0.2, -0.15) is 0 Å². The third kappa shape index (κ3) is 3.66. The van der Waals surface area contributed by atoms with Crippen molar-refractivity contribution >= 4 is 22.8 Å². The normalized spacial score (nSPS) is 13.5. The Labute approximate surface area is 185 Å². The van der Waals surface area contributed by atoms with Crippen molar-refractivity contribution in [3.05, 3.63) is 95.7 Å². The lowest BCUT2D eigenvalue weighted by atomic mass is 9.95. The predicted molar refractivity (Wildman–Crippen MR) is 122 cm³/mol. The van der Waals surface area contributed by atoms with Gasteiger partial charge < -0.3 is 14.8 Å². The van der Waals surface area contributed by atoms with Crippen molar-refractivity contribution in [2.75, 3.05) is 6.61 Å². The number of carboxylic acids is 1. The summed E-state index contributed by atoms with van der Waals surface area (Å²) in [7, 11) is 0. The molecule has 2 N–H and O–H groups in total. The van der Waals surface area contributed by atoms with E-state index < -0.39 is 17.9 Å². The van der Waals surface area contributed by atoms with E-state index in [2.05, 4.69) is 29.2 Å². The van der Waals surface area contributed by atoms with Crippen LogP contribution in [0.2, 0.25) is 0 Å². The lowest BCUT2D eigenvalue weighted by Gasteiger charge is -2.16. The van der Waals surface area contributed by atoms with Gasteiger partial charge in [-0.25, -0.2) is 0 Å². The number of H-pyrrole nitrogens is 1. The summed E-state index contributed by atoms with van der Waals surface area (Å²) in [6.07, 6.45) is 1.92. The average molecular weight is 425 g/mol.